The summed E-state index contributed by atoms with van der Waals surface area (Å²) in [5.41, 5.74) is 0.813. The maximum absolute atomic E-state index is 13.2. The number of fused-ring (bicyclic) bond motifs is 1. The molecule has 4 rings (SSSR count). The van der Waals surface area contributed by atoms with Gasteiger partial charge in [0, 0.05) is 29.4 Å². The molecule has 1 heterocycles. The number of benzene rings is 3. The lowest BCUT2D eigenvalue weighted by Crippen LogP contribution is -2.44. The van der Waals surface area contributed by atoms with Crippen molar-refractivity contribution in [2.24, 2.45) is 0 Å². The third-order valence-corrected chi connectivity index (χ3v) is 6.84. The lowest BCUT2D eigenvalue weighted by molar-refractivity contribution is -0.138. The van der Waals surface area contributed by atoms with E-state index in [2.05, 4.69) is 15.6 Å². The van der Waals surface area contributed by atoms with Crippen LogP contribution in [0.25, 0.3) is 10.8 Å². The number of nitriles is 1. The van der Waals surface area contributed by atoms with Gasteiger partial charge in [-0.15, -0.1) is 0 Å². The monoisotopic (exact) mass is 681 g/mol. The van der Waals surface area contributed by atoms with Gasteiger partial charge in [-0.25, -0.2) is 24.2 Å². The number of ether oxygens (including phenoxy) is 3. The molecule has 0 saturated carbocycles. The molecule has 1 aromatic heterocycles. The van der Waals surface area contributed by atoms with Crippen molar-refractivity contribution < 1.29 is 38.5 Å². The molecule has 50 heavy (non-hydrogen) atoms. The van der Waals surface area contributed by atoms with Gasteiger partial charge in [-0.05, 0) is 101 Å². The van der Waals surface area contributed by atoms with Crippen molar-refractivity contribution >= 4 is 52.2 Å². The molecule has 13 heteroatoms. The maximum atomic E-state index is 13.2. The van der Waals surface area contributed by atoms with E-state index in [0.29, 0.717) is 39.7 Å². The Morgan fingerprint density at radius 2 is 1.54 bits per heavy atom. The number of carboxylic acid groups (broad SMARTS) is 1. The second-order valence-electron chi connectivity index (χ2n) is 13.2. The van der Waals surface area contributed by atoms with Gasteiger partial charge in [-0.2, -0.15) is 10.2 Å². The first kappa shape index (κ1) is 36.7. The number of aliphatic carboxylic acids is 1. The van der Waals surface area contributed by atoms with E-state index >= 15 is 0 Å². The Morgan fingerprint density at radius 3 is 2.14 bits per heavy atom. The van der Waals surface area contributed by atoms with Gasteiger partial charge in [-0.1, -0.05) is 30.3 Å². The van der Waals surface area contributed by atoms with Crippen molar-refractivity contribution in [2.75, 3.05) is 22.1 Å². The fourth-order valence-electron chi connectivity index (χ4n) is 4.71. The minimum Gasteiger partial charge on any atom is -0.479 e. The number of rotatable bonds is 9. The van der Waals surface area contributed by atoms with Gasteiger partial charge in [-0.3, -0.25) is 5.32 Å². The van der Waals surface area contributed by atoms with Crippen LogP contribution >= 0.6 is 0 Å². The number of nitrogens with one attached hydrogen (secondary N) is 2. The van der Waals surface area contributed by atoms with E-state index in [-0.39, 0.29) is 12.4 Å². The molecule has 0 fully saturated rings. The van der Waals surface area contributed by atoms with E-state index in [0.717, 1.165) is 10.5 Å². The number of carbonyl (C=O) groups excluding carboxylic acids is 3. The Labute approximate surface area is 289 Å². The maximum Gasteiger partial charge on any atom is 0.425 e. The standard InChI is InChI=1S/C37H39N5O8/c1-36(2,3)49-34(46)42(35(47)50-37(4,5)6)31-29-15-14-28(21-26(29)16-18-39-31)40-30(32(43)44)25-12-10-23(11-13-25)17-19-48-33(45)41-27-9-7-8-24(20-27)22-38/h7-16,18,20-21,30,40H,17,19H2,1-6H3,(H,41,45)(H,43,44). The summed E-state index contributed by atoms with van der Waals surface area (Å²) in [5, 5.41) is 25.7. The average molecular weight is 682 g/mol. The number of aromatic nitrogens is 1. The quantitative estimate of drug-likeness (QED) is 0.147. The van der Waals surface area contributed by atoms with Crippen LogP contribution < -0.4 is 15.5 Å². The molecule has 1 unspecified atom stereocenters. The Bertz CT molecular complexity index is 1900. The molecule has 0 aliphatic heterocycles. The molecule has 0 spiro atoms. The summed E-state index contributed by atoms with van der Waals surface area (Å²) in [7, 11) is 0. The number of pyridine rings is 1. The summed E-state index contributed by atoms with van der Waals surface area (Å²) >= 11 is 0. The summed E-state index contributed by atoms with van der Waals surface area (Å²) in [6.45, 7) is 10.1. The summed E-state index contributed by atoms with van der Waals surface area (Å²) in [4.78, 5) is 56.0. The highest BCUT2D eigenvalue weighted by molar-refractivity contribution is 6.14. The van der Waals surface area contributed by atoms with Crippen molar-refractivity contribution in [1.29, 1.82) is 5.26 Å². The van der Waals surface area contributed by atoms with Crippen molar-refractivity contribution in [3.8, 4) is 6.07 Å². The van der Waals surface area contributed by atoms with Crippen LogP contribution in [0.15, 0.2) is 79.0 Å². The lowest BCUT2D eigenvalue weighted by atomic mass is 10.0. The lowest BCUT2D eigenvalue weighted by Gasteiger charge is -2.28. The predicted octanol–water partition coefficient (Wildman–Crippen LogP) is 7.81. The van der Waals surface area contributed by atoms with E-state index in [1.165, 1.54) is 12.3 Å². The van der Waals surface area contributed by atoms with E-state index < -0.39 is 41.5 Å². The fourth-order valence-corrected chi connectivity index (χ4v) is 4.71. The molecule has 3 N–H and O–H groups in total. The van der Waals surface area contributed by atoms with Crippen LogP contribution in [0.2, 0.25) is 0 Å². The third-order valence-electron chi connectivity index (χ3n) is 6.84. The highest BCUT2D eigenvalue weighted by atomic mass is 16.6. The topological polar surface area (TPSA) is 180 Å². The first-order valence-electron chi connectivity index (χ1n) is 15.7. The van der Waals surface area contributed by atoms with Crippen LogP contribution in [0.1, 0.15) is 64.3 Å². The van der Waals surface area contributed by atoms with Gasteiger partial charge in [0.2, 0.25) is 0 Å². The zero-order chi connectivity index (χ0) is 36.6. The molecular formula is C37H39N5O8. The van der Waals surface area contributed by atoms with Crippen molar-refractivity contribution in [3.63, 3.8) is 0 Å². The third kappa shape index (κ3) is 10.2. The number of imide groups is 1. The molecule has 0 bridgehead atoms. The number of hydrogen-bond acceptors (Lipinski definition) is 10. The highest BCUT2D eigenvalue weighted by Gasteiger charge is 2.34. The van der Waals surface area contributed by atoms with Gasteiger partial charge in [0.05, 0.1) is 18.2 Å². The second kappa shape index (κ2) is 15.4. The van der Waals surface area contributed by atoms with Crippen LogP contribution in [0.5, 0.6) is 0 Å². The molecule has 13 nitrogen and oxygen atoms in total. The largest absolute Gasteiger partial charge is 0.479 e. The van der Waals surface area contributed by atoms with Crippen molar-refractivity contribution in [3.05, 3.63) is 95.7 Å². The number of amides is 3. The Kier molecular flexibility index (Phi) is 11.3. The minimum atomic E-state index is -1.12. The van der Waals surface area contributed by atoms with Crippen molar-refractivity contribution in [1.82, 2.24) is 4.98 Å². The number of carbonyl (C=O) groups is 4. The van der Waals surface area contributed by atoms with Crippen LogP contribution in [-0.2, 0) is 25.4 Å². The molecule has 0 aliphatic carbocycles. The second-order valence-corrected chi connectivity index (χ2v) is 13.2. The Morgan fingerprint density at radius 1 is 0.880 bits per heavy atom. The average Bonchev–Trinajstić information content (AvgIpc) is 3.02. The first-order valence-corrected chi connectivity index (χ1v) is 15.7. The van der Waals surface area contributed by atoms with Gasteiger partial charge in [0.25, 0.3) is 0 Å². The van der Waals surface area contributed by atoms with E-state index in [1.807, 2.05) is 6.07 Å². The number of nitrogens with zero attached hydrogens (tertiary/aromatic N) is 3. The molecule has 3 aromatic carbocycles. The van der Waals surface area contributed by atoms with Gasteiger partial charge in [0.15, 0.2) is 11.9 Å². The fraction of sp³-hybridized carbons (Fsp3) is 0.297. The number of hydrogen-bond donors (Lipinski definition) is 3. The molecular weight excluding hydrogens is 642 g/mol. The SMILES string of the molecule is CC(C)(C)OC(=O)N(C(=O)OC(C)(C)C)c1nccc2cc(NC(C(=O)O)c3ccc(CCOC(=O)Nc4cccc(C#N)c4)cc3)ccc12. The Balaban J connectivity index is 1.47. The zero-order valence-electron chi connectivity index (χ0n) is 28.6. The molecule has 0 radical (unpaired) electrons. The molecule has 1 atom stereocenters. The first-order chi connectivity index (χ1) is 23.5. The van der Waals surface area contributed by atoms with Crippen LogP contribution in [-0.4, -0.2) is 52.1 Å². The summed E-state index contributed by atoms with van der Waals surface area (Å²) in [6, 6.07) is 20.8. The zero-order valence-corrected chi connectivity index (χ0v) is 28.6. The van der Waals surface area contributed by atoms with Crippen molar-refractivity contribution in [2.45, 2.75) is 65.2 Å². The smallest absolute Gasteiger partial charge is 0.425 e. The Hall–Kier alpha value is -6.16. The molecule has 4 aromatic rings. The van der Waals surface area contributed by atoms with Gasteiger partial charge >= 0.3 is 24.2 Å². The van der Waals surface area contributed by atoms with E-state index in [9.17, 15) is 24.3 Å². The summed E-state index contributed by atoms with van der Waals surface area (Å²) in [5.74, 6) is -1.12. The summed E-state index contributed by atoms with van der Waals surface area (Å²) in [6.07, 6.45) is -0.758. The van der Waals surface area contributed by atoms with Gasteiger partial charge in [0.1, 0.15) is 11.2 Å². The molecule has 260 valence electrons. The normalized spacial score (nSPS) is 11.9. The van der Waals surface area contributed by atoms with Gasteiger partial charge < -0.3 is 24.6 Å². The van der Waals surface area contributed by atoms with E-state index in [4.69, 9.17) is 19.5 Å². The minimum absolute atomic E-state index is 0.00224. The molecule has 3 amide bonds. The van der Waals surface area contributed by atoms with Crippen LogP contribution in [0.4, 0.5) is 31.6 Å². The highest BCUT2D eigenvalue weighted by Crippen LogP contribution is 2.31. The number of carboxylic acids is 1. The van der Waals surface area contributed by atoms with Crippen LogP contribution in [0, 0.1) is 11.3 Å². The van der Waals surface area contributed by atoms with Crippen LogP contribution in [0.3, 0.4) is 0 Å². The van der Waals surface area contributed by atoms with E-state index in [1.54, 1.807) is 108 Å². The molecule has 0 aliphatic rings. The summed E-state index contributed by atoms with van der Waals surface area (Å²) < 4.78 is 16.2. The predicted molar refractivity (Wildman–Crippen MR) is 187 cm³/mol. The number of anilines is 3. The molecule has 0 saturated heterocycles.